The van der Waals surface area contributed by atoms with Gasteiger partial charge in [0.05, 0.1) is 0 Å². The van der Waals surface area contributed by atoms with Crippen LogP contribution in [-0.4, -0.2) is 15.6 Å². The Hall–Kier alpha value is -1.48. The molecule has 3 nitrogen and oxygen atoms in total. The molecular weight excluding hydrogens is 238 g/mol. The summed E-state index contributed by atoms with van der Waals surface area (Å²) in [5, 5.41) is 10.8. The van der Waals surface area contributed by atoms with Crippen LogP contribution in [0.25, 0.3) is 10.9 Å². The van der Waals surface area contributed by atoms with Crippen LogP contribution in [0.3, 0.4) is 0 Å². The first-order chi connectivity index (χ1) is 8.15. The van der Waals surface area contributed by atoms with Gasteiger partial charge in [-0.1, -0.05) is 11.6 Å². The van der Waals surface area contributed by atoms with Gasteiger partial charge in [-0.15, -0.1) is 0 Å². The van der Waals surface area contributed by atoms with E-state index in [9.17, 15) is 9.90 Å². The number of benzene rings is 1. The van der Waals surface area contributed by atoms with Gasteiger partial charge in [0.25, 0.3) is 0 Å². The Bertz CT molecular complexity index is 599. The van der Waals surface area contributed by atoms with E-state index in [1.807, 2.05) is 16.7 Å². The first-order valence-corrected chi connectivity index (χ1v) is 6.05. The van der Waals surface area contributed by atoms with Gasteiger partial charge < -0.3 is 9.67 Å². The van der Waals surface area contributed by atoms with Gasteiger partial charge in [0, 0.05) is 22.5 Å². The number of fused-ring (bicyclic) bond motifs is 1. The molecule has 1 aliphatic rings. The molecule has 3 rings (SSSR count). The highest BCUT2D eigenvalue weighted by Gasteiger charge is 2.25. The van der Waals surface area contributed by atoms with Crippen LogP contribution in [0.15, 0.2) is 24.3 Å². The van der Waals surface area contributed by atoms with E-state index in [1.54, 1.807) is 12.1 Å². The van der Waals surface area contributed by atoms with Gasteiger partial charge in [0.2, 0.25) is 0 Å². The zero-order valence-corrected chi connectivity index (χ0v) is 9.94. The van der Waals surface area contributed by atoms with E-state index in [0.717, 1.165) is 17.4 Å². The van der Waals surface area contributed by atoms with Crippen LogP contribution in [0, 0.1) is 5.92 Å². The molecule has 0 saturated heterocycles. The van der Waals surface area contributed by atoms with Crippen LogP contribution >= 0.6 is 11.6 Å². The molecule has 1 aromatic carbocycles. The highest BCUT2D eigenvalue weighted by molar-refractivity contribution is 6.31. The number of hydrogen-bond donors (Lipinski definition) is 1. The highest BCUT2D eigenvalue weighted by atomic mass is 35.5. The highest BCUT2D eigenvalue weighted by Crippen LogP contribution is 2.33. The van der Waals surface area contributed by atoms with Gasteiger partial charge in [0.15, 0.2) is 0 Å². The molecule has 4 heteroatoms. The minimum absolute atomic E-state index is 0.356. The number of halogens is 1. The van der Waals surface area contributed by atoms with Crippen LogP contribution in [0.1, 0.15) is 23.3 Å². The standard InChI is InChI=1S/C13H12ClNO2/c14-10-3-4-11-9(5-10)6-12(13(16)17)15(11)7-8-1-2-8/h3-6,8H,1-2,7H2,(H,16,17). The Balaban J connectivity index is 2.18. The molecule has 0 amide bonds. The Labute approximate surface area is 104 Å². The van der Waals surface area contributed by atoms with E-state index < -0.39 is 5.97 Å². The summed E-state index contributed by atoms with van der Waals surface area (Å²) in [4.78, 5) is 11.2. The van der Waals surface area contributed by atoms with Crippen molar-refractivity contribution in [2.45, 2.75) is 19.4 Å². The number of rotatable bonds is 3. The molecule has 88 valence electrons. The lowest BCUT2D eigenvalue weighted by atomic mass is 10.2. The molecule has 1 aromatic heterocycles. The number of nitrogens with zero attached hydrogens (tertiary/aromatic N) is 1. The molecule has 1 heterocycles. The normalized spacial score (nSPS) is 15.4. The van der Waals surface area contributed by atoms with Crippen molar-refractivity contribution < 1.29 is 9.90 Å². The second-order valence-corrected chi connectivity index (χ2v) is 5.03. The third-order valence-electron chi connectivity index (χ3n) is 3.22. The fourth-order valence-corrected chi connectivity index (χ4v) is 2.35. The molecule has 0 bridgehead atoms. The summed E-state index contributed by atoms with van der Waals surface area (Å²) < 4.78 is 1.89. The smallest absolute Gasteiger partial charge is 0.352 e. The van der Waals surface area contributed by atoms with Crippen LogP contribution in [0.5, 0.6) is 0 Å². The van der Waals surface area contributed by atoms with Crippen LogP contribution < -0.4 is 0 Å². The molecule has 0 radical (unpaired) electrons. The molecule has 1 fully saturated rings. The summed E-state index contributed by atoms with van der Waals surface area (Å²) in [6.45, 7) is 0.798. The van der Waals surface area contributed by atoms with Gasteiger partial charge in [-0.05, 0) is 43.0 Å². The molecule has 0 atom stereocenters. The Morgan fingerprint density at radius 2 is 2.18 bits per heavy atom. The van der Waals surface area contributed by atoms with Gasteiger partial charge in [-0.3, -0.25) is 0 Å². The van der Waals surface area contributed by atoms with Gasteiger partial charge in [-0.2, -0.15) is 0 Å². The maximum Gasteiger partial charge on any atom is 0.352 e. The molecule has 1 saturated carbocycles. The van der Waals surface area contributed by atoms with Gasteiger partial charge >= 0.3 is 5.97 Å². The second kappa shape index (κ2) is 3.77. The van der Waals surface area contributed by atoms with Crippen molar-refractivity contribution in [2.75, 3.05) is 0 Å². The molecule has 1 aliphatic carbocycles. The zero-order chi connectivity index (χ0) is 12.0. The van der Waals surface area contributed by atoms with Crippen molar-refractivity contribution in [3.63, 3.8) is 0 Å². The number of carboxylic acid groups (broad SMARTS) is 1. The lowest BCUT2D eigenvalue weighted by Crippen LogP contribution is -2.09. The number of carbonyl (C=O) groups is 1. The Kier molecular flexibility index (Phi) is 2.37. The molecule has 0 aliphatic heterocycles. The summed E-state index contributed by atoms with van der Waals surface area (Å²) in [7, 11) is 0. The van der Waals surface area contributed by atoms with Crippen molar-refractivity contribution in [3.8, 4) is 0 Å². The SMILES string of the molecule is O=C(O)c1cc2cc(Cl)ccc2n1CC1CC1. The van der Waals surface area contributed by atoms with Crippen molar-refractivity contribution in [2.24, 2.45) is 5.92 Å². The Morgan fingerprint density at radius 3 is 2.82 bits per heavy atom. The maximum absolute atomic E-state index is 11.2. The van der Waals surface area contributed by atoms with Crippen molar-refractivity contribution >= 4 is 28.5 Å². The zero-order valence-electron chi connectivity index (χ0n) is 9.19. The number of carboxylic acids is 1. The Morgan fingerprint density at radius 1 is 1.41 bits per heavy atom. The summed E-state index contributed by atoms with van der Waals surface area (Å²) in [5.74, 6) is -0.239. The average molecular weight is 250 g/mol. The van der Waals surface area contributed by atoms with E-state index in [1.165, 1.54) is 12.8 Å². The van der Waals surface area contributed by atoms with E-state index in [0.29, 0.717) is 16.6 Å². The van der Waals surface area contributed by atoms with Gasteiger partial charge in [0.1, 0.15) is 5.69 Å². The number of hydrogen-bond acceptors (Lipinski definition) is 1. The fourth-order valence-electron chi connectivity index (χ4n) is 2.17. The van der Waals surface area contributed by atoms with E-state index in [4.69, 9.17) is 11.6 Å². The van der Waals surface area contributed by atoms with Crippen LogP contribution in [0.4, 0.5) is 0 Å². The first-order valence-electron chi connectivity index (χ1n) is 5.67. The van der Waals surface area contributed by atoms with Crippen LogP contribution in [-0.2, 0) is 6.54 Å². The summed E-state index contributed by atoms with van der Waals surface area (Å²) in [6, 6.07) is 7.21. The molecule has 0 unspecified atom stereocenters. The van der Waals surface area contributed by atoms with Crippen molar-refractivity contribution in [3.05, 3.63) is 35.0 Å². The topological polar surface area (TPSA) is 42.2 Å². The second-order valence-electron chi connectivity index (χ2n) is 4.59. The van der Waals surface area contributed by atoms with Crippen molar-refractivity contribution in [1.29, 1.82) is 0 Å². The largest absolute Gasteiger partial charge is 0.477 e. The lowest BCUT2D eigenvalue weighted by molar-refractivity contribution is 0.0685. The molecular formula is C13H12ClNO2. The summed E-state index contributed by atoms with van der Waals surface area (Å²) in [6.07, 6.45) is 2.40. The third kappa shape index (κ3) is 1.91. The lowest BCUT2D eigenvalue weighted by Gasteiger charge is -2.06. The number of aromatic nitrogens is 1. The number of aromatic carboxylic acids is 1. The van der Waals surface area contributed by atoms with Crippen molar-refractivity contribution in [1.82, 2.24) is 4.57 Å². The van der Waals surface area contributed by atoms with Gasteiger partial charge in [-0.25, -0.2) is 4.79 Å². The molecule has 0 spiro atoms. The average Bonchev–Trinajstić information content (AvgIpc) is 3.00. The maximum atomic E-state index is 11.2. The molecule has 2 aromatic rings. The molecule has 17 heavy (non-hydrogen) atoms. The third-order valence-corrected chi connectivity index (χ3v) is 3.46. The monoisotopic (exact) mass is 249 g/mol. The quantitative estimate of drug-likeness (QED) is 0.906. The first kappa shape index (κ1) is 10.7. The van der Waals surface area contributed by atoms with E-state index in [-0.39, 0.29) is 0 Å². The molecule has 1 N–H and O–H groups in total. The summed E-state index contributed by atoms with van der Waals surface area (Å²) in [5.41, 5.74) is 1.31. The van der Waals surface area contributed by atoms with E-state index >= 15 is 0 Å². The minimum Gasteiger partial charge on any atom is -0.477 e. The van der Waals surface area contributed by atoms with Crippen LogP contribution in [0.2, 0.25) is 5.02 Å². The fraction of sp³-hybridized carbons (Fsp3) is 0.308. The summed E-state index contributed by atoms with van der Waals surface area (Å²) >= 11 is 5.92. The van der Waals surface area contributed by atoms with E-state index in [2.05, 4.69) is 0 Å². The predicted molar refractivity (Wildman–Crippen MR) is 66.6 cm³/mol. The minimum atomic E-state index is -0.877. The predicted octanol–water partition coefficient (Wildman–Crippen LogP) is 3.40.